The van der Waals surface area contributed by atoms with Gasteiger partial charge >= 0.3 is 5.76 Å². The molecule has 0 bridgehead atoms. The lowest BCUT2D eigenvalue weighted by atomic mass is 10.1. The zero-order valence-electron chi connectivity index (χ0n) is 13.1. The molecule has 1 aliphatic carbocycles. The zero-order valence-corrected chi connectivity index (χ0v) is 13.1. The van der Waals surface area contributed by atoms with Gasteiger partial charge < -0.3 is 10.1 Å². The molecule has 0 radical (unpaired) electrons. The minimum atomic E-state index is -2.89. The number of amides is 1. The van der Waals surface area contributed by atoms with Crippen LogP contribution in [0.25, 0.3) is 11.4 Å². The zero-order chi connectivity index (χ0) is 17.7. The van der Waals surface area contributed by atoms with Crippen LogP contribution in [0.1, 0.15) is 23.2 Å². The third kappa shape index (κ3) is 2.46. The van der Waals surface area contributed by atoms with Crippen molar-refractivity contribution < 1.29 is 22.8 Å². The predicted molar refractivity (Wildman–Crippen MR) is 81.2 cm³/mol. The van der Waals surface area contributed by atoms with Crippen molar-refractivity contribution in [3.05, 3.63) is 40.4 Å². The fourth-order valence-electron chi connectivity index (χ4n) is 3.40. The number of hydrogen-bond acceptors (Lipinski definition) is 5. The van der Waals surface area contributed by atoms with Crippen LogP contribution in [0, 0.1) is 5.92 Å². The molecule has 2 atom stereocenters. The molecule has 4 rings (SSSR count). The van der Waals surface area contributed by atoms with Crippen molar-refractivity contribution in [2.75, 3.05) is 13.2 Å². The van der Waals surface area contributed by atoms with Gasteiger partial charge in [0.05, 0.1) is 12.5 Å². The molecule has 2 aliphatic rings. The third-order valence-electron chi connectivity index (χ3n) is 4.85. The highest BCUT2D eigenvalue weighted by molar-refractivity contribution is 5.94. The average Bonchev–Trinajstić information content (AvgIpc) is 2.90. The van der Waals surface area contributed by atoms with Crippen LogP contribution in [-0.2, 0) is 4.74 Å². The Labute approximate surface area is 140 Å². The van der Waals surface area contributed by atoms with Gasteiger partial charge in [-0.2, -0.15) is 0 Å². The predicted octanol–water partition coefficient (Wildman–Crippen LogP) is 1.57. The standard InChI is InChI=1S/C16H15F2N3O4/c17-16(18)11-2-1-7-24-15(11,16)8-19-13(22)10-5-3-9(4-6-10)12-20-14(23)25-21-12/h3-6,11H,1-2,7-8H2,(H,19,22)(H,20,21,23)/t11-,15+/m1/s1. The highest BCUT2D eigenvalue weighted by Gasteiger charge is 2.82. The van der Waals surface area contributed by atoms with Gasteiger partial charge in [-0.1, -0.05) is 17.3 Å². The molecule has 25 heavy (non-hydrogen) atoms. The summed E-state index contributed by atoms with van der Waals surface area (Å²) in [5, 5.41) is 6.08. The molecule has 1 aliphatic heterocycles. The summed E-state index contributed by atoms with van der Waals surface area (Å²) < 4.78 is 37.6. The average molecular weight is 351 g/mol. The summed E-state index contributed by atoms with van der Waals surface area (Å²) in [6, 6.07) is 6.18. The number of ether oxygens (including phenoxy) is 1. The number of aromatic nitrogens is 2. The lowest BCUT2D eigenvalue weighted by Gasteiger charge is -2.21. The normalized spacial score (nSPS) is 26.7. The number of halogens is 2. The number of carbonyl (C=O) groups excluding carboxylic acids is 1. The molecule has 2 fully saturated rings. The first-order chi connectivity index (χ1) is 11.9. The second-order valence-electron chi connectivity index (χ2n) is 6.26. The fraction of sp³-hybridized carbons (Fsp3) is 0.438. The number of fused-ring (bicyclic) bond motifs is 1. The van der Waals surface area contributed by atoms with Gasteiger partial charge in [0.25, 0.3) is 11.8 Å². The first-order valence-electron chi connectivity index (χ1n) is 7.90. The van der Waals surface area contributed by atoms with Crippen molar-refractivity contribution in [2.24, 2.45) is 5.92 Å². The van der Waals surface area contributed by atoms with E-state index in [4.69, 9.17) is 4.74 Å². The molecule has 1 amide bonds. The van der Waals surface area contributed by atoms with Crippen LogP contribution in [0.5, 0.6) is 0 Å². The molecule has 1 aromatic heterocycles. The Morgan fingerprint density at radius 3 is 2.76 bits per heavy atom. The van der Waals surface area contributed by atoms with Gasteiger partial charge in [-0.3, -0.25) is 14.3 Å². The Kier molecular flexibility index (Phi) is 3.50. The van der Waals surface area contributed by atoms with Crippen molar-refractivity contribution in [2.45, 2.75) is 24.4 Å². The number of aromatic amines is 1. The van der Waals surface area contributed by atoms with Crippen molar-refractivity contribution in [1.82, 2.24) is 15.5 Å². The van der Waals surface area contributed by atoms with E-state index in [1.54, 1.807) is 12.1 Å². The van der Waals surface area contributed by atoms with Gasteiger partial charge in [0, 0.05) is 17.7 Å². The second-order valence-corrected chi connectivity index (χ2v) is 6.26. The van der Waals surface area contributed by atoms with E-state index in [9.17, 15) is 18.4 Å². The quantitative estimate of drug-likeness (QED) is 0.872. The van der Waals surface area contributed by atoms with Gasteiger partial charge in [0.2, 0.25) is 0 Å². The second kappa shape index (κ2) is 5.48. The SMILES string of the molecule is O=C(NC[C@]12OCCC[C@H]1C2(F)F)c1ccc(-c2noc(=O)[nH]2)cc1. The molecule has 2 aromatic rings. The minimum absolute atomic E-state index is 0.220. The van der Waals surface area contributed by atoms with E-state index >= 15 is 0 Å². The molecular weight excluding hydrogens is 336 g/mol. The highest BCUT2D eigenvalue weighted by atomic mass is 19.3. The van der Waals surface area contributed by atoms with Crippen molar-refractivity contribution in [1.29, 1.82) is 0 Å². The van der Waals surface area contributed by atoms with E-state index in [0.717, 1.165) is 0 Å². The first kappa shape index (κ1) is 15.9. The Bertz CT molecular complexity index is 861. The van der Waals surface area contributed by atoms with Crippen LogP contribution in [0.2, 0.25) is 0 Å². The van der Waals surface area contributed by atoms with Gasteiger partial charge in [-0.05, 0) is 25.0 Å². The molecule has 1 saturated heterocycles. The molecule has 0 unspecified atom stereocenters. The van der Waals surface area contributed by atoms with E-state index in [0.29, 0.717) is 24.0 Å². The summed E-state index contributed by atoms with van der Waals surface area (Å²) >= 11 is 0. The van der Waals surface area contributed by atoms with Crippen LogP contribution >= 0.6 is 0 Å². The number of H-pyrrole nitrogens is 1. The largest absolute Gasteiger partial charge is 0.439 e. The Morgan fingerprint density at radius 2 is 2.12 bits per heavy atom. The van der Waals surface area contributed by atoms with Crippen LogP contribution in [0.4, 0.5) is 8.78 Å². The summed E-state index contributed by atoms with van der Waals surface area (Å²) in [6.07, 6.45) is 1.02. The van der Waals surface area contributed by atoms with Crippen LogP contribution in [0.15, 0.2) is 33.6 Å². The lowest BCUT2D eigenvalue weighted by molar-refractivity contribution is -0.0576. The molecule has 2 N–H and O–H groups in total. The maximum Gasteiger partial charge on any atom is 0.439 e. The van der Waals surface area contributed by atoms with Crippen molar-refractivity contribution in [3.63, 3.8) is 0 Å². The number of hydrogen-bond donors (Lipinski definition) is 2. The number of nitrogens with zero attached hydrogens (tertiary/aromatic N) is 1. The molecule has 0 spiro atoms. The number of benzene rings is 1. The smallest absolute Gasteiger partial charge is 0.366 e. The highest BCUT2D eigenvalue weighted by Crippen LogP contribution is 2.64. The summed E-state index contributed by atoms with van der Waals surface area (Å²) in [5.41, 5.74) is -0.686. The van der Waals surface area contributed by atoms with Crippen LogP contribution in [0.3, 0.4) is 0 Å². The van der Waals surface area contributed by atoms with E-state index in [2.05, 4.69) is 20.0 Å². The van der Waals surface area contributed by atoms with Gasteiger partial charge in [0.1, 0.15) is 0 Å². The lowest BCUT2D eigenvalue weighted by Crippen LogP contribution is -2.40. The molecule has 2 heterocycles. The van der Waals surface area contributed by atoms with Crippen LogP contribution in [-0.4, -0.2) is 40.7 Å². The molecule has 1 aromatic carbocycles. The van der Waals surface area contributed by atoms with Crippen molar-refractivity contribution >= 4 is 5.91 Å². The van der Waals surface area contributed by atoms with Gasteiger partial charge in [0.15, 0.2) is 11.4 Å². The van der Waals surface area contributed by atoms with Crippen LogP contribution < -0.4 is 11.1 Å². The van der Waals surface area contributed by atoms with Gasteiger partial charge in [-0.15, -0.1) is 0 Å². The summed E-state index contributed by atoms with van der Waals surface area (Å²) in [4.78, 5) is 25.5. The Morgan fingerprint density at radius 1 is 1.36 bits per heavy atom. The van der Waals surface area contributed by atoms with E-state index in [1.165, 1.54) is 12.1 Å². The number of alkyl halides is 2. The number of nitrogens with one attached hydrogen (secondary N) is 2. The van der Waals surface area contributed by atoms with E-state index in [1.807, 2.05) is 0 Å². The fourth-order valence-corrected chi connectivity index (χ4v) is 3.40. The first-order valence-corrected chi connectivity index (χ1v) is 7.90. The molecule has 1 saturated carbocycles. The summed E-state index contributed by atoms with van der Waals surface area (Å²) in [5.74, 6) is -4.61. The van der Waals surface area contributed by atoms with Crippen molar-refractivity contribution in [3.8, 4) is 11.4 Å². The molecule has 132 valence electrons. The molecule has 7 nitrogen and oxygen atoms in total. The summed E-state index contributed by atoms with van der Waals surface area (Å²) in [6.45, 7) is 0.0639. The monoisotopic (exact) mass is 351 g/mol. The molecular formula is C16H15F2N3O4. The summed E-state index contributed by atoms with van der Waals surface area (Å²) in [7, 11) is 0. The number of rotatable bonds is 4. The topological polar surface area (TPSA) is 97.2 Å². The maximum absolute atomic E-state index is 13.9. The molecule has 9 heteroatoms. The van der Waals surface area contributed by atoms with Gasteiger partial charge in [-0.25, -0.2) is 13.6 Å². The Hall–Kier alpha value is -2.55. The van der Waals surface area contributed by atoms with E-state index < -0.39 is 29.1 Å². The number of carbonyl (C=O) groups is 1. The maximum atomic E-state index is 13.9. The Balaban J connectivity index is 1.43. The third-order valence-corrected chi connectivity index (χ3v) is 4.85. The minimum Gasteiger partial charge on any atom is -0.366 e. The van der Waals surface area contributed by atoms with E-state index in [-0.39, 0.29) is 19.0 Å².